The van der Waals surface area contributed by atoms with E-state index in [2.05, 4.69) is 4.98 Å². The highest BCUT2D eigenvalue weighted by molar-refractivity contribution is 7.22. The number of halogens is 2. The standard InChI is InChI=1S/C11H8Cl2N2OS/c12-6-1-2-8-9(3-6)17-11(14-8)15-5-7(13)4-10(15)16/h1-3,7H,4-5H2. The van der Waals surface area contributed by atoms with Crippen LogP contribution in [0.5, 0.6) is 0 Å². The molecule has 1 unspecified atom stereocenters. The highest BCUT2D eigenvalue weighted by atomic mass is 35.5. The van der Waals surface area contributed by atoms with Crippen LogP contribution in [-0.2, 0) is 4.79 Å². The van der Waals surface area contributed by atoms with Crippen molar-refractivity contribution in [2.75, 3.05) is 11.4 Å². The van der Waals surface area contributed by atoms with Crippen LogP contribution >= 0.6 is 34.5 Å². The normalized spacial score (nSPS) is 20.5. The quantitative estimate of drug-likeness (QED) is 0.754. The second-order valence-corrected chi connectivity index (χ2v) is 5.98. The lowest BCUT2D eigenvalue weighted by Crippen LogP contribution is -2.24. The van der Waals surface area contributed by atoms with E-state index < -0.39 is 0 Å². The summed E-state index contributed by atoms with van der Waals surface area (Å²) < 4.78 is 0.985. The number of thiazole rings is 1. The van der Waals surface area contributed by atoms with E-state index in [4.69, 9.17) is 23.2 Å². The van der Waals surface area contributed by atoms with Crippen molar-refractivity contribution < 1.29 is 4.79 Å². The van der Waals surface area contributed by atoms with Crippen molar-refractivity contribution in [2.24, 2.45) is 0 Å². The predicted molar refractivity (Wildman–Crippen MR) is 71.2 cm³/mol. The fourth-order valence-electron chi connectivity index (χ4n) is 1.85. The van der Waals surface area contributed by atoms with Gasteiger partial charge in [-0.05, 0) is 18.2 Å². The monoisotopic (exact) mass is 286 g/mol. The molecule has 1 amide bonds. The minimum absolute atomic E-state index is 0.0372. The number of rotatable bonds is 1. The van der Waals surface area contributed by atoms with E-state index in [0.717, 1.165) is 10.2 Å². The Balaban J connectivity index is 2.03. The van der Waals surface area contributed by atoms with Gasteiger partial charge >= 0.3 is 0 Å². The van der Waals surface area contributed by atoms with Gasteiger partial charge in [0.2, 0.25) is 5.91 Å². The van der Waals surface area contributed by atoms with Crippen LogP contribution in [0.25, 0.3) is 10.2 Å². The van der Waals surface area contributed by atoms with E-state index in [1.165, 1.54) is 11.3 Å². The Morgan fingerprint density at radius 3 is 3.00 bits per heavy atom. The maximum absolute atomic E-state index is 11.7. The Kier molecular flexibility index (Phi) is 2.73. The maximum Gasteiger partial charge on any atom is 0.230 e. The van der Waals surface area contributed by atoms with Crippen LogP contribution < -0.4 is 4.90 Å². The Bertz CT molecular complexity index is 598. The van der Waals surface area contributed by atoms with Gasteiger partial charge in [0.25, 0.3) is 0 Å². The number of fused-ring (bicyclic) bond motifs is 1. The Labute approximate surface area is 112 Å². The number of anilines is 1. The van der Waals surface area contributed by atoms with Crippen molar-refractivity contribution in [3.05, 3.63) is 23.2 Å². The molecular formula is C11H8Cl2N2OS. The van der Waals surface area contributed by atoms with Gasteiger partial charge < -0.3 is 0 Å². The second kappa shape index (κ2) is 4.12. The summed E-state index contributed by atoms with van der Waals surface area (Å²) >= 11 is 13.4. The van der Waals surface area contributed by atoms with Gasteiger partial charge in [0.05, 0.1) is 15.6 Å². The van der Waals surface area contributed by atoms with E-state index in [-0.39, 0.29) is 11.3 Å². The minimum Gasteiger partial charge on any atom is -0.287 e. The van der Waals surface area contributed by atoms with Crippen molar-refractivity contribution in [3.8, 4) is 0 Å². The fraction of sp³-hybridized carbons (Fsp3) is 0.273. The van der Waals surface area contributed by atoms with Gasteiger partial charge in [-0.3, -0.25) is 9.69 Å². The molecule has 0 aliphatic carbocycles. The lowest BCUT2D eigenvalue weighted by atomic mass is 10.3. The molecule has 88 valence electrons. The first-order valence-corrected chi connectivity index (χ1v) is 6.77. The third-order valence-electron chi connectivity index (χ3n) is 2.65. The Morgan fingerprint density at radius 2 is 2.29 bits per heavy atom. The number of hydrogen-bond donors (Lipinski definition) is 0. The average molecular weight is 287 g/mol. The molecular weight excluding hydrogens is 279 g/mol. The molecule has 1 atom stereocenters. The lowest BCUT2D eigenvalue weighted by Gasteiger charge is -2.10. The van der Waals surface area contributed by atoms with Gasteiger partial charge in [-0.1, -0.05) is 22.9 Å². The summed E-state index contributed by atoms with van der Waals surface area (Å²) in [5.41, 5.74) is 0.861. The van der Waals surface area contributed by atoms with E-state index in [9.17, 15) is 4.79 Å². The first kappa shape index (κ1) is 11.3. The Hall–Kier alpha value is -0.840. The zero-order valence-electron chi connectivity index (χ0n) is 8.69. The zero-order valence-corrected chi connectivity index (χ0v) is 11.0. The molecule has 3 rings (SSSR count). The third-order valence-corrected chi connectivity index (χ3v) is 4.22. The van der Waals surface area contributed by atoms with Crippen molar-refractivity contribution >= 4 is 55.8 Å². The number of aromatic nitrogens is 1. The lowest BCUT2D eigenvalue weighted by molar-refractivity contribution is -0.117. The van der Waals surface area contributed by atoms with E-state index in [1.54, 1.807) is 11.0 Å². The number of benzene rings is 1. The summed E-state index contributed by atoms with van der Waals surface area (Å²) in [4.78, 5) is 17.8. The number of hydrogen-bond acceptors (Lipinski definition) is 3. The van der Waals surface area contributed by atoms with Crippen LogP contribution in [-0.4, -0.2) is 22.8 Å². The minimum atomic E-state index is -0.113. The summed E-state index contributed by atoms with van der Waals surface area (Å²) in [7, 11) is 0. The smallest absolute Gasteiger partial charge is 0.230 e. The number of carbonyl (C=O) groups excluding carboxylic acids is 1. The molecule has 1 fully saturated rings. The van der Waals surface area contributed by atoms with Gasteiger partial charge in [-0.25, -0.2) is 4.98 Å². The molecule has 1 saturated heterocycles. The molecule has 0 N–H and O–H groups in total. The van der Waals surface area contributed by atoms with Gasteiger partial charge in [-0.2, -0.15) is 0 Å². The molecule has 2 heterocycles. The van der Waals surface area contributed by atoms with Gasteiger partial charge in [0.15, 0.2) is 5.13 Å². The van der Waals surface area contributed by atoms with Gasteiger partial charge in [0.1, 0.15) is 0 Å². The Morgan fingerprint density at radius 1 is 1.47 bits per heavy atom. The van der Waals surface area contributed by atoms with Crippen molar-refractivity contribution in [1.29, 1.82) is 0 Å². The van der Waals surface area contributed by atoms with Gasteiger partial charge in [0, 0.05) is 18.0 Å². The molecule has 0 bridgehead atoms. The van der Waals surface area contributed by atoms with Crippen LogP contribution in [0.4, 0.5) is 5.13 Å². The number of nitrogens with zero attached hydrogens (tertiary/aromatic N) is 2. The van der Waals surface area contributed by atoms with E-state index in [0.29, 0.717) is 23.1 Å². The zero-order chi connectivity index (χ0) is 12.0. The van der Waals surface area contributed by atoms with Crippen molar-refractivity contribution in [2.45, 2.75) is 11.8 Å². The molecule has 0 radical (unpaired) electrons. The molecule has 0 saturated carbocycles. The van der Waals surface area contributed by atoms with Crippen LogP contribution in [0, 0.1) is 0 Å². The van der Waals surface area contributed by atoms with Crippen LogP contribution in [0.15, 0.2) is 18.2 Å². The molecule has 6 heteroatoms. The van der Waals surface area contributed by atoms with Gasteiger partial charge in [-0.15, -0.1) is 11.6 Å². The average Bonchev–Trinajstić information content (AvgIpc) is 2.80. The van der Waals surface area contributed by atoms with Crippen molar-refractivity contribution in [1.82, 2.24) is 4.98 Å². The summed E-state index contributed by atoms with van der Waals surface area (Å²) in [6.07, 6.45) is 0.387. The molecule has 1 aliphatic heterocycles. The summed E-state index contributed by atoms with van der Waals surface area (Å²) in [6.45, 7) is 0.536. The summed E-state index contributed by atoms with van der Waals surface area (Å²) in [5, 5.41) is 1.27. The fourth-order valence-corrected chi connectivity index (χ4v) is 3.39. The molecule has 0 spiro atoms. The SMILES string of the molecule is O=C1CC(Cl)CN1c1nc2ccc(Cl)cc2s1. The maximum atomic E-state index is 11.7. The van der Waals surface area contributed by atoms with Crippen LogP contribution in [0.2, 0.25) is 5.02 Å². The third kappa shape index (κ3) is 2.01. The molecule has 17 heavy (non-hydrogen) atoms. The molecule has 2 aromatic rings. The van der Waals surface area contributed by atoms with Crippen LogP contribution in [0.3, 0.4) is 0 Å². The molecule has 1 aliphatic rings. The number of carbonyl (C=O) groups is 1. The molecule has 1 aromatic heterocycles. The van der Waals surface area contributed by atoms with E-state index in [1.807, 2.05) is 12.1 Å². The van der Waals surface area contributed by atoms with E-state index >= 15 is 0 Å². The first-order valence-electron chi connectivity index (χ1n) is 5.14. The second-order valence-electron chi connectivity index (χ2n) is 3.91. The predicted octanol–water partition coefficient (Wildman–Crippen LogP) is 3.29. The van der Waals surface area contributed by atoms with Crippen LogP contribution in [0.1, 0.15) is 6.42 Å². The first-order chi connectivity index (χ1) is 8.13. The topological polar surface area (TPSA) is 33.2 Å². The van der Waals surface area contributed by atoms with Crippen molar-refractivity contribution in [3.63, 3.8) is 0 Å². The highest BCUT2D eigenvalue weighted by Crippen LogP contribution is 2.33. The largest absolute Gasteiger partial charge is 0.287 e. The summed E-state index contributed by atoms with van der Waals surface area (Å²) in [5.74, 6) is 0.0372. The highest BCUT2D eigenvalue weighted by Gasteiger charge is 2.31. The number of alkyl halides is 1. The summed E-state index contributed by atoms with van der Waals surface area (Å²) in [6, 6.07) is 5.51. The molecule has 1 aromatic carbocycles. The number of amides is 1. The molecule has 3 nitrogen and oxygen atoms in total.